The number of aliphatic hydroxyl groups is 8. The zero-order valence-electron chi connectivity index (χ0n) is 23.7. The first-order valence-electron chi connectivity index (χ1n) is 13.5. The maximum absolute atomic E-state index is 13.4. The predicted molar refractivity (Wildman–Crippen MR) is 144 cm³/mol. The monoisotopic (exact) mass is 628 g/mol. The largest absolute Gasteiger partial charge is 0.496 e. The summed E-state index contributed by atoms with van der Waals surface area (Å²) < 4.78 is 38.4. The second-order valence-corrected chi connectivity index (χ2v) is 9.99. The second kappa shape index (κ2) is 14.7. The quantitative estimate of drug-likeness (QED) is 0.119. The Bertz CT molecular complexity index is 1250. The van der Waals surface area contributed by atoms with Crippen LogP contribution in [-0.2, 0) is 20.8 Å². The van der Waals surface area contributed by atoms with Crippen molar-refractivity contribution in [3.05, 3.63) is 47.5 Å². The fraction of sp³-hybridized carbons (Fsp3) is 0.536. The number of methoxy groups -OCH3 is 2. The van der Waals surface area contributed by atoms with E-state index in [1.54, 1.807) is 18.2 Å². The Hall–Kier alpha value is -3.29. The molecule has 2 heterocycles. The summed E-state index contributed by atoms with van der Waals surface area (Å²) >= 11 is 0. The molecule has 244 valence electrons. The molecular weight excluding hydrogens is 592 g/mol. The van der Waals surface area contributed by atoms with Gasteiger partial charge in [0, 0.05) is 5.56 Å². The molecule has 2 aromatic rings. The van der Waals surface area contributed by atoms with Crippen molar-refractivity contribution in [2.24, 2.45) is 0 Å². The van der Waals surface area contributed by atoms with Gasteiger partial charge in [-0.15, -0.1) is 0 Å². The maximum atomic E-state index is 13.4. The van der Waals surface area contributed by atoms with Crippen molar-refractivity contribution in [1.82, 2.24) is 0 Å². The van der Waals surface area contributed by atoms with E-state index in [2.05, 4.69) is 0 Å². The molecule has 8 N–H and O–H groups in total. The van der Waals surface area contributed by atoms with Crippen LogP contribution >= 0.6 is 0 Å². The molecule has 0 amide bonds. The van der Waals surface area contributed by atoms with Crippen molar-refractivity contribution < 1.29 is 78.8 Å². The molecule has 0 aromatic heterocycles. The maximum Gasteiger partial charge on any atom is 0.346 e. The van der Waals surface area contributed by atoms with E-state index >= 15 is 0 Å². The molecule has 0 bridgehead atoms. The summed E-state index contributed by atoms with van der Waals surface area (Å²) in [4.78, 5) is 13.4. The SMILES string of the molecule is COc1ccc(OC2OC(CO)C(O)C(O)C2O)c(OC)c1C(=O)OCc1ccccc1OC1OC(CO)C(O)C(O)C1O. The summed E-state index contributed by atoms with van der Waals surface area (Å²) in [5.41, 5.74) is 0.0916. The molecule has 2 aliphatic heterocycles. The van der Waals surface area contributed by atoms with Crippen LogP contribution in [0.4, 0.5) is 0 Å². The van der Waals surface area contributed by atoms with Gasteiger partial charge in [0.15, 0.2) is 11.5 Å². The van der Waals surface area contributed by atoms with Gasteiger partial charge in [0.1, 0.15) is 72.5 Å². The van der Waals surface area contributed by atoms with Crippen LogP contribution in [0.1, 0.15) is 15.9 Å². The van der Waals surface area contributed by atoms with E-state index < -0.39 is 80.6 Å². The van der Waals surface area contributed by atoms with Gasteiger partial charge in [0.25, 0.3) is 0 Å². The number of para-hydroxylation sites is 1. The third kappa shape index (κ3) is 6.84. The van der Waals surface area contributed by atoms with E-state index in [-0.39, 0.29) is 35.2 Å². The van der Waals surface area contributed by atoms with E-state index in [1.807, 2.05) is 0 Å². The number of carbonyl (C=O) groups excluding carboxylic acids is 1. The van der Waals surface area contributed by atoms with Crippen molar-refractivity contribution in [2.45, 2.75) is 68.0 Å². The Morgan fingerprint density at radius 2 is 1.20 bits per heavy atom. The molecule has 2 aliphatic rings. The Morgan fingerprint density at radius 3 is 1.73 bits per heavy atom. The minimum atomic E-state index is -1.73. The number of ether oxygens (including phenoxy) is 7. The fourth-order valence-corrected chi connectivity index (χ4v) is 4.74. The Kier molecular flexibility index (Phi) is 11.2. The van der Waals surface area contributed by atoms with E-state index in [4.69, 9.17) is 33.2 Å². The number of hydrogen-bond acceptors (Lipinski definition) is 16. The highest BCUT2D eigenvalue weighted by molar-refractivity contribution is 5.96. The van der Waals surface area contributed by atoms with Crippen LogP contribution in [0.3, 0.4) is 0 Å². The van der Waals surface area contributed by atoms with Gasteiger partial charge in [-0.1, -0.05) is 18.2 Å². The minimum absolute atomic E-state index is 0.0267. The average Bonchev–Trinajstić information content (AvgIpc) is 3.04. The average molecular weight is 629 g/mol. The van der Waals surface area contributed by atoms with E-state index in [0.717, 1.165) is 0 Å². The molecule has 10 atom stereocenters. The zero-order chi connectivity index (χ0) is 32.1. The van der Waals surface area contributed by atoms with E-state index in [1.165, 1.54) is 32.4 Å². The molecule has 0 saturated carbocycles. The van der Waals surface area contributed by atoms with Gasteiger partial charge in [-0.3, -0.25) is 0 Å². The molecule has 2 fully saturated rings. The summed E-state index contributed by atoms with van der Waals surface area (Å²) in [6.45, 7) is -1.70. The third-order valence-electron chi connectivity index (χ3n) is 7.23. The number of carbonyl (C=O) groups is 1. The van der Waals surface area contributed by atoms with Gasteiger partial charge in [0.05, 0.1) is 27.4 Å². The van der Waals surface area contributed by atoms with Crippen LogP contribution in [0.15, 0.2) is 36.4 Å². The number of hydrogen-bond donors (Lipinski definition) is 8. The van der Waals surface area contributed by atoms with Crippen LogP contribution in [0.2, 0.25) is 0 Å². The van der Waals surface area contributed by atoms with Gasteiger partial charge in [-0.2, -0.15) is 0 Å². The van der Waals surface area contributed by atoms with E-state index in [0.29, 0.717) is 5.56 Å². The first kappa shape index (κ1) is 33.6. The molecule has 44 heavy (non-hydrogen) atoms. The van der Waals surface area contributed by atoms with Gasteiger partial charge >= 0.3 is 5.97 Å². The summed E-state index contributed by atoms with van der Waals surface area (Å²) in [7, 11) is 2.53. The van der Waals surface area contributed by atoms with Crippen molar-refractivity contribution in [3.8, 4) is 23.0 Å². The van der Waals surface area contributed by atoms with Gasteiger partial charge in [0.2, 0.25) is 12.6 Å². The standard InChI is InChI=1S/C28H36O16/c1-38-14-7-8-15(42-28-24(36)22(34)20(32)17(10-30)44-28)25(39-2)18(14)26(37)40-11-12-5-3-4-6-13(12)41-27-23(35)21(33)19(31)16(9-29)43-27/h3-8,16-17,19-24,27-36H,9-11H2,1-2H3. The smallest absolute Gasteiger partial charge is 0.346 e. The molecule has 16 nitrogen and oxygen atoms in total. The van der Waals surface area contributed by atoms with Crippen molar-refractivity contribution in [3.63, 3.8) is 0 Å². The molecule has 0 radical (unpaired) electrons. The Morgan fingerprint density at radius 1 is 0.682 bits per heavy atom. The van der Waals surface area contributed by atoms with Crippen LogP contribution in [0.25, 0.3) is 0 Å². The minimum Gasteiger partial charge on any atom is -0.496 e. The first-order valence-corrected chi connectivity index (χ1v) is 13.5. The predicted octanol–water partition coefficient (Wildman–Crippen LogP) is -2.58. The lowest BCUT2D eigenvalue weighted by Crippen LogP contribution is -2.60. The molecule has 0 spiro atoms. The molecule has 4 rings (SSSR count). The highest BCUT2D eigenvalue weighted by Gasteiger charge is 2.46. The molecule has 2 aromatic carbocycles. The zero-order valence-corrected chi connectivity index (χ0v) is 23.7. The second-order valence-electron chi connectivity index (χ2n) is 9.99. The van der Waals surface area contributed by atoms with E-state index in [9.17, 15) is 45.6 Å². The van der Waals surface area contributed by atoms with Gasteiger partial charge in [-0.25, -0.2) is 4.79 Å². The number of aliphatic hydroxyl groups excluding tert-OH is 8. The lowest BCUT2D eigenvalue weighted by Gasteiger charge is -2.39. The first-order chi connectivity index (χ1) is 21.1. The molecule has 2 saturated heterocycles. The molecule has 0 aliphatic carbocycles. The summed E-state index contributed by atoms with van der Waals surface area (Å²) in [5, 5.41) is 79.9. The highest BCUT2D eigenvalue weighted by Crippen LogP contribution is 2.40. The summed E-state index contributed by atoms with van der Waals surface area (Å²) in [6.07, 6.45) is -15.4. The van der Waals surface area contributed by atoms with Gasteiger partial charge in [-0.05, 0) is 18.2 Å². The Labute approximate surface area is 251 Å². The van der Waals surface area contributed by atoms with Crippen molar-refractivity contribution in [2.75, 3.05) is 27.4 Å². The third-order valence-corrected chi connectivity index (χ3v) is 7.23. The van der Waals surface area contributed by atoms with Crippen LogP contribution < -0.4 is 18.9 Å². The lowest BCUT2D eigenvalue weighted by molar-refractivity contribution is -0.277. The van der Waals surface area contributed by atoms with Crippen LogP contribution in [0, 0.1) is 0 Å². The summed E-state index contributed by atoms with van der Waals surface area (Å²) in [6, 6.07) is 8.96. The molecule has 10 unspecified atom stereocenters. The van der Waals surface area contributed by atoms with Crippen LogP contribution in [-0.4, -0.2) is 136 Å². The fourth-order valence-electron chi connectivity index (χ4n) is 4.74. The highest BCUT2D eigenvalue weighted by atomic mass is 16.7. The lowest BCUT2D eigenvalue weighted by atomic mass is 9.99. The molecule has 16 heteroatoms. The van der Waals surface area contributed by atoms with Crippen LogP contribution in [0.5, 0.6) is 23.0 Å². The Balaban J connectivity index is 1.53. The van der Waals surface area contributed by atoms with Gasteiger partial charge < -0.3 is 74.0 Å². The van der Waals surface area contributed by atoms with Crippen molar-refractivity contribution >= 4 is 5.97 Å². The summed E-state index contributed by atoms with van der Waals surface area (Å²) in [5.74, 6) is -1.13. The van der Waals surface area contributed by atoms with Crippen molar-refractivity contribution in [1.29, 1.82) is 0 Å². The molecular formula is C28H36O16. The number of rotatable bonds is 11. The normalized spacial score (nSPS) is 32.0. The number of esters is 1. The topological polar surface area (TPSA) is 244 Å². The number of benzene rings is 2.